The van der Waals surface area contributed by atoms with E-state index in [0.29, 0.717) is 6.42 Å². The van der Waals surface area contributed by atoms with E-state index in [1.54, 1.807) is 0 Å². The third-order valence-electron chi connectivity index (χ3n) is 2.40. The Morgan fingerprint density at radius 2 is 1.71 bits per heavy atom. The van der Waals surface area contributed by atoms with Crippen molar-refractivity contribution in [2.45, 2.75) is 58.8 Å². The second kappa shape index (κ2) is 11.3. The van der Waals surface area contributed by atoms with Gasteiger partial charge >= 0.3 is 29.0 Å². The van der Waals surface area contributed by atoms with Crippen LogP contribution in [-0.4, -0.2) is 34.1 Å². The topological polar surface area (TPSA) is 37.3 Å². The van der Waals surface area contributed by atoms with E-state index in [-0.39, 0.29) is 25.9 Å². The van der Waals surface area contributed by atoms with Crippen LogP contribution in [0.15, 0.2) is 0 Å². The smallest absolute Gasteiger partial charge is 1.00 e. The summed E-state index contributed by atoms with van der Waals surface area (Å²) in [6, 6.07) is 0. The molecule has 0 aliphatic heterocycles. The molecule has 0 atom stereocenters. The fraction of sp³-hybridized carbons (Fsp3) is 0.909. The largest absolute Gasteiger partial charge is 2.00 e. The van der Waals surface area contributed by atoms with Gasteiger partial charge in [0, 0.05) is 6.42 Å². The van der Waals surface area contributed by atoms with Gasteiger partial charge < -0.3 is 7.96 Å². The van der Waals surface area contributed by atoms with Crippen LogP contribution in [0.25, 0.3) is 0 Å². The SMILES string of the molecule is CCCC(CCC)CCCC(=O)O.[H-].[H-].[Mg+2]. The van der Waals surface area contributed by atoms with E-state index in [0.717, 1.165) is 18.8 Å². The molecular formula is C11H24MgO2. The fourth-order valence-corrected chi connectivity index (χ4v) is 1.79. The molecule has 0 unspecified atom stereocenters. The molecule has 0 amide bonds. The molecule has 0 rings (SSSR count). The molecule has 0 spiro atoms. The van der Waals surface area contributed by atoms with Gasteiger partial charge in [-0.3, -0.25) is 4.79 Å². The normalized spacial score (nSPS) is 9.93. The molecular weight excluding hydrogens is 188 g/mol. The molecule has 14 heavy (non-hydrogen) atoms. The Labute approximate surface area is 107 Å². The molecule has 0 aromatic rings. The van der Waals surface area contributed by atoms with Crippen molar-refractivity contribution >= 4 is 29.0 Å². The molecule has 3 heteroatoms. The third-order valence-corrected chi connectivity index (χ3v) is 2.40. The van der Waals surface area contributed by atoms with Gasteiger partial charge in [-0.1, -0.05) is 39.5 Å². The molecule has 82 valence electrons. The third kappa shape index (κ3) is 10.3. The number of hydrogen-bond acceptors (Lipinski definition) is 1. The van der Waals surface area contributed by atoms with Gasteiger partial charge in [0.2, 0.25) is 0 Å². The van der Waals surface area contributed by atoms with Crippen molar-refractivity contribution in [2.24, 2.45) is 5.92 Å². The Kier molecular flexibility index (Phi) is 13.5. The molecule has 0 radical (unpaired) electrons. The number of rotatable bonds is 8. The first-order chi connectivity index (χ1) is 6.20. The second-order valence-corrected chi connectivity index (χ2v) is 3.73. The summed E-state index contributed by atoms with van der Waals surface area (Å²) >= 11 is 0. The van der Waals surface area contributed by atoms with E-state index < -0.39 is 5.97 Å². The number of hydrogen-bond donors (Lipinski definition) is 1. The molecule has 0 saturated carbocycles. The zero-order chi connectivity index (χ0) is 10.1. The molecule has 0 aliphatic rings. The summed E-state index contributed by atoms with van der Waals surface area (Å²) in [6.45, 7) is 4.39. The van der Waals surface area contributed by atoms with Crippen LogP contribution in [0.1, 0.15) is 61.6 Å². The fourth-order valence-electron chi connectivity index (χ4n) is 1.79. The van der Waals surface area contributed by atoms with Gasteiger partial charge in [0.25, 0.3) is 0 Å². The minimum Gasteiger partial charge on any atom is -1.00 e. The van der Waals surface area contributed by atoms with Crippen molar-refractivity contribution in [1.82, 2.24) is 0 Å². The average molecular weight is 213 g/mol. The van der Waals surface area contributed by atoms with Gasteiger partial charge in [-0.05, 0) is 18.8 Å². The average Bonchev–Trinajstić information content (AvgIpc) is 2.04. The van der Waals surface area contributed by atoms with Gasteiger partial charge in [-0.15, -0.1) is 0 Å². The molecule has 0 aromatic heterocycles. The van der Waals surface area contributed by atoms with E-state index in [2.05, 4.69) is 13.8 Å². The summed E-state index contributed by atoms with van der Waals surface area (Å²) in [5.74, 6) is 0.0982. The quantitative estimate of drug-likeness (QED) is 0.627. The van der Waals surface area contributed by atoms with Crippen LogP contribution in [0.2, 0.25) is 0 Å². The van der Waals surface area contributed by atoms with E-state index in [1.807, 2.05) is 0 Å². The molecule has 0 fully saturated rings. The number of carboxylic acid groups (broad SMARTS) is 1. The molecule has 0 bridgehead atoms. The first-order valence-corrected chi connectivity index (χ1v) is 5.42. The van der Waals surface area contributed by atoms with Crippen molar-refractivity contribution in [1.29, 1.82) is 0 Å². The standard InChI is InChI=1S/C11H22O2.Mg.2H/c1-3-6-10(7-4-2)8-5-9-11(12)13;;;/h10H,3-9H2,1-2H3,(H,12,13);;;/q;+2;2*-1. The molecule has 0 saturated heterocycles. The minimum absolute atomic E-state index is 0. The van der Waals surface area contributed by atoms with E-state index >= 15 is 0 Å². The van der Waals surface area contributed by atoms with Crippen molar-refractivity contribution in [3.05, 3.63) is 0 Å². The number of carbonyl (C=O) groups is 1. The van der Waals surface area contributed by atoms with E-state index in [1.165, 1.54) is 25.7 Å². The van der Waals surface area contributed by atoms with Gasteiger partial charge in [-0.25, -0.2) is 0 Å². The maximum Gasteiger partial charge on any atom is 2.00 e. The molecule has 2 nitrogen and oxygen atoms in total. The minimum atomic E-state index is -0.660. The van der Waals surface area contributed by atoms with Crippen molar-refractivity contribution in [3.63, 3.8) is 0 Å². The summed E-state index contributed by atoms with van der Waals surface area (Å²) in [7, 11) is 0. The Hall–Kier alpha value is 0.236. The summed E-state index contributed by atoms with van der Waals surface area (Å²) in [4.78, 5) is 10.3. The Morgan fingerprint density at radius 1 is 1.21 bits per heavy atom. The molecule has 0 aliphatic carbocycles. The van der Waals surface area contributed by atoms with Gasteiger partial charge in [0.1, 0.15) is 0 Å². The Morgan fingerprint density at radius 3 is 2.07 bits per heavy atom. The number of carboxylic acids is 1. The summed E-state index contributed by atoms with van der Waals surface area (Å²) in [5.41, 5.74) is 0. The predicted molar refractivity (Wildman–Crippen MR) is 62.8 cm³/mol. The molecule has 1 N–H and O–H groups in total. The van der Waals surface area contributed by atoms with Crippen LogP contribution < -0.4 is 0 Å². The van der Waals surface area contributed by atoms with Crippen LogP contribution in [0, 0.1) is 5.92 Å². The van der Waals surface area contributed by atoms with Crippen LogP contribution in [-0.2, 0) is 4.79 Å². The maximum atomic E-state index is 10.3. The van der Waals surface area contributed by atoms with Gasteiger partial charge in [0.15, 0.2) is 0 Å². The van der Waals surface area contributed by atoms with Crippen LogP contribution in [0.5, 0.6) is 0 Å². The Balaban J connectivity index is -0.000000240. The molecule has 0 heterocycles. The Bertz CT molecular complexity index is 140. The van der Waals surface area contributed by atoms with Gasteiger partial charge in [-0.2, -0.15) is 0 Å². The zero-order valence-corrected chi connectivity index (χ0v) is 11.0. The van der Waals surface area contributed by atoms with E-state index in [9.17, 15) is 4.79 Å². The zero-order valence-electron chi connectivity index (χ0n) is 11.6. The van der Waals surface area contributed by atoms with Gasteiger partial charge in [0.05, 0.1) is 0 Å². The monoisotopic (exact) mass is 212 g/mol. The van der Waals surface area contributed by atoms with Crippen molar-refractivity contribution < 1.29 is 12.8 Å². The maximum absolute atomic E-state index is 10.3. The van der Waals surface area contributed by atoms with Crippen molar-refractivity contribution in [2.75, 3.05) is 0 Å². The van der Waals surface area contributed by atoms with Crippen LogP contribution >= 0.6 is 0 Å². The van der Waals surface area contributed by atoms with E-state index in [4.69, 9.17) is 5.11 Å². The second-order valence-electron chi connectivity index (χ2n) is 3.73. The predicted octanol–water partition coefficient (Wildman–Crippen LogP) is 3.30. The van der Waals surface area contributed by atoms with Crippen LogP contribution in [0.3, 0.4) is 0 Å². The van der Waals surface area contributed by atoms with Crippen molar-refractivity contribution in [3.8, 4) is 0 Å². The van der Waals surface area contributed by atoms with Crippen LogP contribution in [0.4, 0.5) is 0 Å². The summed E-state index contributed by atoms with van der Waals surface area (Å²) < 4.78 is 0. The first-order valence-electron chi connectivity index (χ1n) is 5.42. The summed E-state index contributed by atoms with van der Waals surface area (Å²) in [5, 5.41) is 8.49. The number of aliphatic carboxylic acids is 1. The first kappa shape index (κ1) is 16.7. The summed E-state index contributed by atoms with van der Waals surface area (Å²) in [6.07, 6.45) is 7.23. The molecule has 0 aromatic carbocycles.